The first kappa shape index (κ1) is 18.3. The summed E-state index contributed by atoms with van der Waals surface area (Å²) in [6.45, 7) is 6.08. The van der Waals surface area contributed by atoms with Gasteiger partial charge in [-0.3, -0.25) is 9.59 Å². The third-order valence-electron chi connectivity index (χ3n) is 5.17. The molecular weight excluding hydrogens is 354 g/mol. The number of carbonyl (C=O) groups is 2. The Kier molecular flexibility index (Phi) is 5.12. The first-order valence-electron chi connectivity index (χ1n) is 9.57. The lowest BCUT2D eigenvalue weighted by molar-refractivity contribution is 0.0616. The van der Waals surface area contributed by atoms with Gasteiger partial charge in [0.15, 0.2) is 0 Å². The zero-order valence-electron chi connectivity index (χ0n) is 15.9. The third kappa shape index (κ3) is 3.51. The SMILES string of the molecule is CCN1CCN(C(=O)c2oc3ccccc3c2NC(=O)c2ccccc2)CC1. The molecule has 0 saturated carbocycles. The van der Waals surface area contributed by atoms with Gasteiger partial charge in [0.05, 0.1) is 0 Å². The lowest BCUT2D eigenvalue weighted by atomic mass is 10.1. The van der Waals surface area contributed by atoms with Crippen molar-refractivity contribution in [1.82, 2.24) is 9.80 Å². The van der Waals surface area contributed by atoms with E-state index in [0.717, 1.165) is 25.0 Å². The molecule has 2 aromatic carbocycles. The molecule has 2 heterocycles. The second kappa shape index (κ2) is 7.86. The van der Waals surface area contributed by atoms with Crippen molar-refractivity contribution in [3.05, 3.63) is 65.9 Å². The van der Waals surface area contributed by atoms with Crippen LogP contribution in [0.5, 0.6) is 0 Å². The maximum atomic E-state index is 13.2. The van der Waals surface area contributed by atoms with Gasteiger partial charge in [-0.1, -0.05) is 37.3 Å². The van der Waals surface area contributed by atoms with Crippen molar-refractivity contribution in [2.75, 3.05) is 38.0 Å². The number of nitrogens with one attached hydrogen (secondary N) is 1. The largest absolute Gasteiger partial charge is 0.449 e. The minimum atomic E-state index is -0.267. The van der Waals surface area contributed by atoms with Crippen LogP contribution in [0.25, 0.3) is 11.0 Å². The van der Waals surface area contributed by atoms with Gasteiger partial charge in [0.2, 0.25) is 5.76 Å². The molecule has 0 radical (unpaired) electrons. The minimum absolute atomic E-state index is 0.185. The van der Waals surface area contributed by atoms with Crippen LogP contribution < -0.4 is 5.32 Å². The highest BCUT2D eigenvalue weighted by molar-refractivity contribution is 6.14. The summed E-state index contributed by atoms with van der Waals surface area (Å²) in [5.74, 6) is -0.261. The number of anilines is 1. The van der Waals surface area contributed by atoms with E-state index >= 15 is 0 Å². The fourth-order valence-corrected chi connectivity index (χ4v) is 3.51. The molecule has 2 amide bonds. The quantitative estimate of drug-likeness (QED) is 0.756. The maximum absolute atomic E-state index is 13.2. The van der Waals surface area contributed by atoms with E-state index < -0.39 is 0 Å². The van der Waals surface area contributed by atoms with Gasteiger partial charge in [-0.2, -0.15) is 0 Å². The van der Waals surface area contributed by atoms with Crippen molar-refractivity contribution in [2.45, 2.75) is 6.92 Å². The second-order valence-electron chi connectivity index (χ2n) is 6.85. The molecule has 0 unspecified atom stereocenters. The summed E-state index contributed by atoms with van der Waals surface area (Å²) in [5, 5.41) is 3.62. The number of piperazine rings is 1. The topological polar surface area (TPSA) is 65.8 Å². The summed E-state index contributed by atoms with van der Waals surface area (Å²) in [5.41, 5.74) is 1.55. The molecule has 28 heavy (non-hydrogen) atoms. The first-order valence-corrected chi connectivity index (χ1v) is 9.57. The summed E-state index contributed by atoms with van der Waals surface area (Å²) in [4.78, 5) is 30.0. The van der Waals surface area contributed by atoms with Crippen molar-refractivity contribution in [3.63, 3.8) is 0 Å². The number of amides is 2. The fraction of sp³-hybridized carbons (Fsp3) is 0.273. The molecule has 0 aliphatic carbocycles. The van der Waals surface area contributed by atoms with Gasteiger partial charge in [-0.25, -0.2) is 0 Å². The average Bonchev–Trinajstić information content (AvgIpc) is 3.12. The van der Waals surface area contributed by atoms with Gasteiger partial charge >= 0.3 is 0 Å². The van der Waals surface area contributed by atoms with E-state index in [4.69, 9.17) is 4.42 Å². The van der Waals surface area contributed by atoms with Gasteiger partial charge in [0.25, 0.3) is 11.8 Å². The Morgan fingerprint density at radius 1 is 0.964 bits per heavy atom. The Morgan fingerprint density at radius 3 is 2.36 bits per heavy atom. The highest BCUT2D eigenvalue weighted by atomic mass is 16.3. The highest BCUT2D eigenvalue weighted by Crippen LogP contribution is 2.32. The summed E-state index contributed by atoms with van der Waals surface area (Å²) in [7, 11) is 0. The first-order chi connectivity index (χ1) is 13.7. The van der Waals surface area contributed by atoms with E-state index in [1.54, 1.807) is 23.1 Å². The maximum Gasteiger partial charge on any atom is 0.291 e. The summed E-state index contributed by atoms with van der Waals surface area (Å²) < 4.78 is 5.88. The minimum Gasteiger partial charge on any atom is -0.449 e. The highest BCUT2D eigenvalue weighted by Gasteiger charge is 2.28. The smallest absolute Gasteiger partial charge is 0.291 e. The van der Waals surface area contributed by atoms with E-state index in [2.05, 4.69) is 17.1 Å². The molecule has 1 N–H and O–H groups in total. The number of hydrogen-bond donors (Lipinski definition) is 1. The number of benzene rings is 2. The van der Waals surface area contributed by atoms with Crippen LogP contribution in [0.15, 0.2) is 59.0 Å². The van der Waals surface area contributed by atoms with Crippen LogP contribution in [0.3, 0.4) is 0 Å². The lowest BCUT2D eigenvalue weighted by Gasteiger charge is -2.33. The van der Waals surface area contributed by atoms with Crippen LogP contribution in [-0.2, 0) is 0 Å². The Morgan fingerprint density at radius 2 is 1.64 bits per heavy atom. The van der Waals surface area contributed by atoms with Gasteiger partial charge in [-0.15, -0.1) is 0 Å². The van der Waals surface area contributed by atoms with E-state index in [-0.39, 0.29) is 17.6 Å². The molecule has 1 aliphatic rings. The number of fused-ring (bicyclic) bond motifs is 1. The standard InChI is InChI=1S/C22H23N3O3/c1-2-24-12-14-25(15-13-24)22(27)20-19(17-10-6-7-11-18(17)28-20)23-21(26)16-8-4-3-5-9-16/h3-11H,2,12-15H2,1H3,(H,23,26). The van der Waals surface area contributed by atoms with Crippen molar-refractivity contribution in [2.24, 2.45) is 0 Å². The van der Waals surface area contributed by atoms with Gasteiger partial charge in [0.1, 0.15) is 11.3 Å². The lowest BCUT2D eigenvalue weighted by Crippen LogP contribution is -2.48. The van der Waals surface area contributed by atoms with Crippen LogP contribution in [-0.4, -0.2) is 54.3 Å². The van der Waals surface area contributed by atoms with Crippen molar-refractivity contribution >= 4 is 28.5 Å². The number of furan rings is 1. The summed E-state index contributed by atoms with van der Waals surface area (Å²) >= 11 is 0. The molecule has 4 rings (SSSR count). The van der Waals surface area contributed by atoms with Crippen molar-refractivity contribution < 1.29 is 14.0 Å². The van der Waals surface area contributed by atoms with Crippen LogP contribution in [0.2, 0.25) is 0 Å². The van der Waals surface area contributed by atoms with E-state index in [1.807, 2.05) is 36.4 Å². The summed E-state index contributed by atoms with van der Waals surface area (Å²) in [6, 6.07) is 16.3. The number of para-hydroxylation sites is 1. The van der Waals surface area contributed by atoms with E-state index in [0.29, 0.717) is 29.9 Å². The Balaban J connectivity index is 1.65. The van der Waals surface area contributed by atoms with Crippen LogP contribution in [0.1, 0.15) is 27.8 Å². The van der Waals surface area contributed by atoms with E-state index in [9.17, 15) is 9.59 Å². The Hall–Kier alpha value is -3.12. The molecular formula is C22H23N3O3. The third-order valence-corrected chi connectivity index (χ3v) is 5.17. The predicted molar refractivity (Wildman–Crippen MR) is 109 cm³/mol. The van der Waals surface area contributed by atoms with Crippen molar-refractivity contribution in [1.29, 1.82) is 0 Å². The zero-order valence-corrected chi connectivity index (χ0v) is 15.9. The molecule has 0 atom stereocenters. The average molecular weight is 377 g/mol. The predicted octanol–water partition coefficient (Wildman–Crippen LogP) is 3.46. The van der Waals surface area contributed by atoms with Crippen LogP contribution in [0.4, 0.5) is 5.69 Å². The Bertz CT molecular complexity index is 989. The molecule has 0 bridgehead atoms. The molecule has 0 spiro atoms. The van der Waals surface area contributed by atoms with Gasteiger partial charge in [0, 0.05) is 37.1 Å². The molecule has 6 nitrogen and oxygen atoms in total. The molecule has 1 saturated heterocycles. The van der Waals surface area contributed by atoms with E-state index in [1.165, 1.54) is 0 Å². The van der Waals surface area contributed by atoms with Gasteiger partial charge < -0.3 is 19.5 Å². The molecule has 3 aromatic rings. The second-order valence-corrected chi connectivity index (χ2v) is 6.85. The van der Waals surface area contributed by atoms with Crippen molar-refractivity contribution in [3.8, 4) is 0 Å². The normalized spacial score (nSPS) is 15.0. The fourth-order valence-electron chi connectivity index (χ4n) is 3.51. The number of nitrogens with zero attached hydrogens (tertiary/aromatic N) is 2. The molecule has 6 heteroatoms. The molecule has 1 aliphatic heterocycles. The number of carbonyl (C=O) groups excluding carboxylic acids is 2. The molecule has 1 aromatic heterocycles. The monoisotopic (exact) mass is 377 g/mol. The zero-order chi connectivity index (χ0) is 19.5. The van der Waals surface area contributed by atoms with Gasteiger partial charge in [-0.05, 0) is 30.8 Å². The van der Waals surface area contributed by atoms with Crippen LogP contribution >= 0.6 is 0 Å². The number of rotatable bonds is 4. The molecule has 144 valence electrons. The summed E-state index contributed by atoms with van der Waals surface area (Å²) in [6.07, 6.45) is 0. The number of likely N-dealkylation sites (N-methyl/N-ethyl adjacent to an activating group) is 1. The van der Waals surface area contributed by atoms with Crippen LogP contribution in [0, 0.1) is 0 Å². The number of hydrogen-bond acceptors (Lipinski definition) is 4. The Labute approximate surface area is 163 Å². The molecule has 1 fully saturated rings.